The molecule has 4 aliphatic heterocycles. The lowest BCUT2D eigenvalue weighted by atomic mass is 9.74. The first-order valence-electron chi connectivity index (χ1n) is 14.8. The zero-order valence-electron chi connectivity index (χ0n) is 24.4. The molecule has 0 aliphatic carbocycles. The van der Waals surface area contributed by atoms with Crippen LogP contribution in [-0.4, -0.2) is 80.5 Å². The average molecular weight is 570 g/mol. The van der Waals surface area contributed by atoms with Crippen LogP contribution >= 0.6 is 0 Å². The number of carbonyl (C=O) groups is 3. The first-order chi connectivity index (χ1) is 20.2. The molecule has 4 aliphatic rings. The van der Waals surface area contributed by atoms with Gasteiger partial charge in [-0.05, 0) is 24.0 Å². The van der Waals surface area contributed by atoms with Crippen LogP contribution in [0.15, 0.2) is 85.0 Å². The maximum atomic E-state index is 14.6. The van der Waals surface area contributed by atoms with Gasteiger partial charge in [-0.15, -0.1) is 0 Å². The predicted octanol–water partition coefficient (Wildman–Crippen LogP) is 3.17. The number of carbonyl (C=O) groups excluding carboxylic acids is 3. The van der Waals surface area contributed by atoms with E-state index in [2.05, 4.69) is 0 Å². The van der Waals surface area contributed by atoms with Crippen LogP contribution in [0.3, 0.4) is 0 Å². The summed E-state index contributed by atoms with van der Waals surface area (Å²) in [7, 11) is 0. The highest BCUT2D eigenvalue weighted by Crippen LogP contribution is 2.58. The molecule has 0 bridgehead atoms. The molecule has 0 aromatic heterocycles. The van der Waals surface area contributed by atoms with Crippen molar-refractivity contribution in [2.24, 2.45) is 17.8 Å². The normalized spacial score (nSPS) is 31.2. The van der Waals surface area contributed by atoms with E-state index in [9.17, 15) is 19.5 Å². The molecule has 2 aromatic carbocycles. The minimum Gasteiger partial charge on any atom is -0.394 e. The summed E-state index contributed by atoms with van der Waals surface area (Å²) < 4.78 is 6.93. The van der Waals surface area contributed by atoms with Crippen molar-refractivity contribution in [3.63, 3.8) is 0 Å². The Morgan fingerprint density at radius 3 is 1.90 bits per heavy atom. The summed E-state index contributed by atoms with van der Waals surface area (Å²) in [5, 5.41) is 10.5. The van der Waals surface area contributed by atoms with Crippen LogP contribution in [0.25, 0.3) is 0 Å². The predicted molar refractivity (Wildman–Crippen MR) is 158 cm³/mol. The van der Waals surface area contributed by atoms with Gasteiger partial charge in [0.15, 0.2) is 0 Å². The minimum atomic E-state index is -1.35. The molecule has 6 rings (SSSR count). The van der Waals surface area contributed by atoms with Crippen molar-refractivity contribution in [2.45, 2.75) is 57.1 Å². The summed E-state index contributed by atoms with van der Waals surface area (Å²) >= 11 is 0. The molecule has 0 radical (unpaired) electrons. The number of benzene rings is 2. The fraction of sp³-hybridized carbons (Fsp3) is 0.441. The first-order valence-corrected chi connectivity index (χ1v) is 14.8. The Labute approximate surface area is 247 Å². The highest BCUT2D eigenvalue weighted by molar-refractivity contribution is 6.00. The number of aliphatic hydroxyl groups is 1. The molecule has 1 spiro atoms. The van der Waals surface area contributed by atoms with Gasteiger partial charge in [0, 0.05) is 26.2 Å². The van der Waals surface area contributed by atoms with Crippen LogP contribution in [0, 0.1) is 17.8 Å². The van der Waals surface area contributed by atoms with Crippen LogP contribution < -0.4 is 0 Å². The van der Waals surface area contributed by atoms with E-state index in [1.54, 1.807) is 14.7 Å². The quantitative estimate of drug-likeness (QED) is 0.518. The number of aliphatic hydroxyl groups excluding tert-OH is 1. The third kappa shape index (κ3) is 4.48. The Morgan fingerprint density at radius 1 is 0.810 bits per heavy atom. The molecule has 4 heterocycles. The number of hydrogen-bond acceptors (Lipinski definition) is 5. The van der Waals surface area contributed by atoms with E-state index in [-0.39, 0.29) is 30.2 Å². The van der Waals surface area contributed by atoms with Gasteiger partial charge in [0.05, 0.1) is 30.1 Å². The second kappa shape index (κ2) is 10.8. The molecule has 8 heteroatoms. The van der Waals surface area contributed by atoms with E-state index < -0.39 is 35.1 Å². The van der Waals surface area contributed by atoms with Crippen molar-refractivity contribution in [3.8, 4) is 0 Å². The van der Waals surface area contributed by atoms with Crippen LogP contribution in [0.5, 0.6) is 0 Å². The van der Waals surface area contributed by atoms with Gasteiger partial charge in [-0.25, -0.2) is 0 Å². The zero-order valence-corrected chi connectivity index (χ0v) is 24.4. The third-order valence-corrected chi connectivity index (χ3v) is 9.41. The molecule has 42 heavy (non-hydrogen) atoms. The number of amides is 3. The maximum Gasteiger partial charge on any atom is 0.249 e. The molecule has 3 amide bonds. The van der Waals surface area contributed by atoms with Gasteiger partial charge in [-0.1, -0.05) is 98.8 Å². The molecule has 8 nitrogen and oxygen atoms in total. The number of likely N-dealkylation sites (tertiary alicyclic amines) is 1. The fourth-order valence-corrected chi connectivity index (χ4v) is 7.43. The molecule has 1 unspecified atom stereocenters. The summed E-state index contributed by atoms with van der Waals surface area (Å²) in [5.41, 5.74) is -0.463. The van der Waals surface area contributed by atoms with Gasteiger partial charge in [0.1, 0.15) is 11.6 Å². The van der Waals surface area contributed by atoms with Crippen LogP contribution in [-0.2, 0) is 32.2 Å². The number of nitrogens with zero attached hydrogens (tertiary/aromatic N) is 3. The lowest BCUT2D eigenvalue weighted by molar-refractivity contribution is -0.157. The summed E-state index contributed by atoms with van der Waals surface area (Å²) in [5.74, 6) is -2.59. The van der Waals surface area contributed by atoms with Crippen LogP contribution in [0.2, 0.25) is 0 Å². The number of fused-ring (bicyclic) bond motifs is 2. The molecule has 2 saturated heterocycles. The molecule has 0 saturated carbocycles. The van der Waals surface area contributed by atoms with E-state index in [0.717, 1.165) is 11.1 Å². The van der Waals surface area contributed by atoms with E-state index in [1.165, 1.54) is 0 Å². The van der Waals surface area contributed by atoms with Crippen molar-refractivity contribution in [2.75, 3.05) is 19.7 Å². The van der Waals surface area contributed by atoms with E-state index >= 15 is 0 Å². The van der Waals surface area contributed by atoms with Gasteiger partial charge in [-0.2, -0.15) is 0 Å². The molecule has 6 atom stereocenters. The second-order valence-corrected chi connectivity index (χ2v) is 12.5. The Hall–Kier alpha value is -3.75. The van der Waals surface area contributed by atoms with Gasteiger partial charge >= 0.3 is 0 Å². The Balaban J connectivity index is 1.44. The van der Waals surface area contributed by atoms with E-state index in [1.807, 2.05) is 106 Å². The highest BCUT2D eigenvalue weighted by Gasteiger charge is 2.75. The Kier molecular flexibility index (Phi) is 7.31. The van der Waals surface area contributed by atoms with Gasteiger partial charge in [0.2, 0.25) is 17.7 Å². The zero-order chi connectivity index (χ0) is 29.6. The molecule has 2 aromatic rings. The SMILES string of the molecule is CC(C)[C@H](CO)N1C(=O)[C@@H]2[C@@H]3C(=O)N(Cc4ccccc4)CC=C[C@]3(C)O[C@@]23C=CCN(Cc2ccccc2)C(=O)C13. The highest BCUT2D eigenvalue weighted by atomic mass is 16.5. The van der Waals surface area contributed by atoms with Crippen molar-refractivity contribution in [3.05, 3.63) is 96.1 Å². The number of ether oxygens (including phenoxy) is 1. The summed E-state index contributed by atoms with van der Waals surface area (Å²) in [6, 6.07) is 17.9. The molecule has 220 valence electrons. The largest absolute Gasteiger partial charge is 0.394 e. The molecular formula is C34H39N3O5. The Bertz CT molecular complexity index is 1410. The summed E-state index contributed by atoms with van der Waals surface area (Å²) in [4.78, 5) is 48.7. The van der Waals surface area contributed by atoms with Crippen molar-refractivity contribution >= 4 is 17.7 Å². The van der Waals surface area contributed by atoms with Crippen LogP contribution in [0.4, 0.5) is 0 Å². The monoisotopic (exact) mass is 569 g/mol. The fourth-order valence-electron chi connectivity index (χ4n) is 7.43. The van der Waals surface area contributed by atoms with Gasteiger partial charge < -0.3 is 24.5 Å². The van der Waals surface area contributed by atoms with Crippen molar-refractivity contribution in [1.29, 1.82) is 0 Å². The minimum absolute atomic E-state index is 0.122. The van der Waals surface area contributed by atoms with E-state index in [4.69, 9.17) is 4.74 Å². The van der Waals surface area contributed by atoms with Gasteiger partial charge in [0.25, 0.3) is 0 Å². The van der Waals surface area contributed by atoms with E-state index in [0.29, 0.717) is 26.2 Å². The number of rotatable bonds is 7. The standard InChI is InChI=1S/C34H39N3O5/c1-23(2)26(22-38)37-29-32(41)36(21-25-14-8-5-9-15-25)19-11-17-34(29)28(31(37)40)27-30(39)35(18-10-16-33(27,3)42-34)20-24-12-6-4-7-13-24/h4-17,23,26-29,38H,18-22H2,1-3H3/t26-,27+,28-,29?,33-,34-/m0/s1. The maximum absolute atomic E-state index is 14.6. The smallest absolute Gasteiger partial charge is 0.249 e. The van der Waals surface area contributed by atoms with Crippen molar-refractivity contribution in [1.82, 2.24) is 14.7 Å². The first kappa shape index (κ1) is 28.4. The van der Waals surface area contributed by atoms with Crippen LogP contribution in [0.1, 0.15) is 31.9 Å². The lowest BCUT2D eigenvalue weighted by Crippen LogP contribution is -2.59. The third-order valence-electron chi connectivity index (χ3n) is 9.41. The molecular weight excluding hydrogens is 530 g/mol. The summed E-state index contributed by atoms with van der Waals surface area (Å²) in [6.07, 6.45) is 7.60. The lowest BCUT2D eigenvalue weighted by Gasteiger charge is -2.41. The molecule has 2 fully saturated rings. The summed E-state index contributed by atoms with van der Waals surface area (Å²) in [6.45, 7) is 6.95. The number of hydrogen-bond donors (Lipinski definition) is 1. The topological polar surface area (TPSA) is 90.4 Å². The second-order valence-electron chi connectivity index (χ2n) is 12.5. The molecule has 1 N–H and O–H groups in total. The van der Waals surface area contributed by atoms with Crippen molar-refractivity contribution < 1.29 is 24.2 Å². The van der Waals surface area contributed by atoms with Gasteiger partial charge in [-0.3, -0.25) is 14.4 Å². The average Bonchev–Trinajstić information content (AvgIpc) is 3.25. The Morgan fingerprint density at radius 2 is 1.36 bits per heavy atom.